The lowest BCUT2D eigenvalue weighted by Gasteiger charge is -2.13. The molecule has 0 atom stereocenters. The Labute approximate surface area is 173 Å². The van der Waals surface area contributed by atoms with Crippen LogP contribution in [0.25, 0.3) is 22.6 Å². The second-order valence-corrected chi connectivity index (χ2v) is 7.13. The van der Waals surface area contributed by atoms with E-state index in [1.807, 2.05) is 44.2 Å². The van der Waals surface area contributed by atoms with Crippen molar-refractivity contribution in [1.82, 2.24) is 0 Å². The molecular weight excluding hydrogens is 424 g/mol. The van der Waals surface area contributed by atoms with Crippen LogP contribution >= 0.6 is 15.9 Å². The van der Waals surface area contributed by atoms with E-state index in [4.69, 9.17) is 23.4 Å². The molecule has 0 spiro atoms. The molecule has 0 fully saturated rings. The highest BCUT2D eigenvalue weighted by atomic mass is 79.9. The molecule has 2 aromatic carbocycles. The zero-order chi connectivity index (χ0) is 20.4. The van der Waals surface area contributed by atoms with Gasteiger partial charge in [-0.1, -0.05) is 0 Å². The average Bonchev–Trinajstić information content (AvgIpc) is 3.01. The van der Waals surface area contributed by atoms with Crippen molar-refractivity contribution in [3.8, 4) is 45.6 Å². The van der Waals surface area contributed by atoms with Gasteiger partial charge in [0.2, 0.25) is 5.75 Å². The van der Waals surface area contributed by atoms with E-state index in [0.29, 0.717) is 17.2 Å². The lowest BCUT2D eigenvalue weighted by Crippen LogP contribution is -1.95. The Kier molecular flexibility index (Phi) is 5.89. The van der Waals surface area contributed by atoms with Crippen molar-refractivity contribution in [2.75, 3.05) is 28.4 Å². The molecule has 148 valence electrons. The summed E-state index contributed by atoms with van der Waals surface area (Å²) in [6, 6.07) is 9.66. The summed E-state index contributed by atoms with van der Waals surface area (Å²) in [5.74, 6) is 4.06. The van der Waals surface area contributed by atoms with Crippen LogP contribution in [0.5, 0.6) is 23.0 Å². The molecule has 0 unspecified atom stereocenters. The van der Waals surface area contributed by atoms with Crippen LogP contribution < -0.4 is 18.9 Å². The van der Waals surface area contributed by atoms with Crippen molar-refractivity contribution < 1.29 is 23.4 Å². The Hall–Kier alpha value is -2.60. The molecule has 3 aromatic rings. The highest BCUT2D eigenvalue weighted by Gasteiger charge is 2.21. The third kappa shape index (κ3) is 3.44. The number of ether oxygens (including phenoxy) is 4. The number of hydrogen-bond acceptors (Lipinski definition) is 5. The van der Waals surface area contributed by atoms with Crippen molar-refractivity contribution in [2.45, 2.75) is 13.8 Å². The molecule has 1 aromatic heterocycles. The number of hydrogen-bond donors (Lipinski definition) is 0. The van der Waals surface area contributed by atoms with Gasteiger partial charge in [0.25, 0.3) is 0 Å². The largest absolute Gasteiger partial charge is 0.496 e. The first-order chi connectivity index (χ1) is 13.4. The summed E-state index contributed by atoms with van der Waals surface area (Å²) in [4.78, 5) is 0. The Morgan fingerprint density at radius 1 is 0.679 bits per heavy atom. The van der Waals surface area contributed by atoms with Crippen LogP contribution in [0.1, 0.15) is 11.1 Å². The van der Waals surface area contributed by atoms with E-state index in [1.54, 1.807) is 28.4 Å². The van der Waals surface area contributed by atoms with Gasteiger partial charge in [-0.05, 0) is 71.2 Å². The molecule has 0 saturated heterocycles. The van der Waals surface area contributed by atoms with E-state index in [-0.39, 0.29) is 0 Å². The molecule has 5 nitrogen and oxygen atoms in total. The van der Waals surface area contributed by atoms with E-state index in [0.717, 1.165) is 44.0 Å². The van der Waals surface area contributed by atoms with Crippen LogP contribution in [0.3, 0.4) is 0 Å². The SMILES string of the molecule is COc1ccc(-c2oc(-c3cc(OC)c(OC)c(OC)c3)c(C)c2C)cc1Br. The molecule has 1 heterocycles. The van der Waals surface area contributed by atoms with Crippen LogP contribution in [0.15, 0.2) is 39.2 Å². The lowest BCUT2D eigenvalue weighted by molar-refractivity contribution is 0.324. The van der Waals surface area contributed by atoms with Crippen LogP contribution in [-0.4, -0.2) is 28.4 Å². The van der Waals surface area contributed by atoms with Crippen molar-refractivity contribution in [1.29, 1.82) is 0 Å². The van der Waals surface area contributed by atoms with Gasteiger partial charge in [-0.15, -0.1) is 0 Å². The van der Waals surface area contributed by atoms with Crippen molar-refractivity contribution in [3.63, 3.8) is 0 Å². The van der Waals surface area contributed by atoms with Gasteiger partial charge in [0, 0.05) is 11.1 Å². The standard InChI is InChI=1S/C22H23BrO5/c1-12-13(2)21(15-10-18(25-4)22(27-6)19(11-15)26-5)28-20(12)14-7-8-17(24-3)16(23)9-14/h7-11H,1-6H3. The number of furan rings is 1. The number of halogens is 1. The third-order valence-electron chi connectivity index (χ3n) is 4.79. The van der Waals surface area contributed by atoms with Gasteiger partial charge in [-0.3, -0.25) is 0 Å². The highest BCUT2D eigenvalue weighted by Crippen LogP contribution is 2.44. The summed E-state index contributed by atoms with van der Waals surface area (Å²) in [6.45, 7) is 4.09. The molecule has 0 amide bonds. The van der Waals surface area contributed by atoms with Crippen molar-refractivity contribution in [2.24, 2.45) is 0 Å². The van der Waals surface area contributed by atoms with Crippen LogP contribution in [0.2, 0.25) is 0 Å². The predicted octanol–water partition coefficient (Wildman–Crippen LogP) is 6.03. The second kappa shape index (κ2) is 8.19. The van der Waals surface area contributed by atoms with Crippen LogP contribution in [-0.2, 0) is 0 Å². The third-order valence-corrected chi connectivity index (χ3v) is 5.41. The maximum atomic E-state index is 6.30. The van der Waals surface area contributed by atoms with Gasteiger partial charge in [-0.2, -0.15) is 0 Å². The highest BCUT2D eigenvalue weighted by molar-refractivity contribution is 9.10. The first-order valence-electron chi connectivity index (χ1n) is 8.69. The molecule has 3 rings (SSSR count). The molecule has 0 saturated carbocycles. The summed E-state index contributed by atoms with van der Waals surface area (Å²) >= 11 is 3.54. The maximum absolute atomic E-state index is 6.30. The maximum Gasteiger partial charge on any atom is 0.203 e. The van der Waals surface area contributed by atoms with E-state index >= 15 is 0 Å². The molecule has 0 bridgehead atoms. The number of benzene rings is 2. The monoisotopic (exact) mass is 446 g/mol. The van der Waals surface area contributed by atoms with Crippen molar-refractivity contribution >= 4 is 15.9 Å². The topological polar surface area (TPSA) is 50.1 Å². The summed E-state index contributed by atoms with van der Waals surface area (Å²) in [7, 11) is 6.43. The Morgan fingerprint density at radius 3 is 1.68 bits per heavy atom. The van der Waals surface area contributed by atoms with Crippen LogP contribution in [0, 0.1) is 13.8 Å². The summed E-state index contributed by atoms with van der Waals surface area (Å²) in [5.41, 5.74) is 3.94. The normalized spacial score (nSPS) is 10.7. The Morgan fingerprint density at radius 2 is 1.21 bits per heavy atom. The quantitative estimate of drug-likeness (QED) is 0.462. The minimum Gasteiger partial charge on any atom is -0.496 e. The first-order valence-corrected chi connectivity index (χ1v) is 9.48. The first kappa shape index (κ1) is 20.1. The average molecular weight is 447 g/mol. The fourth-order valence-electron chi connectivity index (χ4n) is 3.17. The fourth-order valence-corrected chi connectivity index (χ4v) is 3.71. The molecule has 0 N–H and O–H groups in total. The van der Waals surface area contributed by atoms with Crippen LogP contribution in [0.4, 0.5) is 0 Å². The zero-order valence-corrected chi connectivity index (χ0v) is 18.4. The van der Waals surface area contributed by atoms with Gasteiger partial charge in [0.1, 0.15) is 17.3 Å². The molecule has 0 aliphatic rings. The predicted molar refractivity (Wildman–Crippen MR) is 113 cm³/mol. The Balaban J connectivity index is 2.15. The molecule has 0 aliphatic heterocycles. The van der Waals surface area contributed by atoms with Crippen molar-refractivity contribution in [3.05, 3.63) is 45.9 Å². The molecular formula is C22H23BrO5. The van der Waals surface area contributed by atoms with Gasteiger partial charge >= 0.3 is 0 Å². The van der Waals surface area contributed by atoms with E-state index in [1.165, 1.54) is 0 Å². The summed E-state index contributed by atoms with van der Waals surface area (Å²) < 4.78 is 28.9. The summed E-state index contributed by atoms with van der Waals surface area (Å²) in [5, 5.41) is 0. The Bertz CT molecular complexity index is 981. The molecule has 0 aliphatic carbocycles. The second-order valence-electron chi connectivity index (χ2n) is 6.27. The van der Waals surface area contributed by atoms with Gasteiger partial charge in [-0.25, -0.2) is 0 Å². The number of methoxy groups -OCH3 is 4. The van der Waals surface area contributed by atoms with Gasteiger partial charge in [0.05, 0.1) is 32.9 Å². The van der Waals surface area contributed by atoms with E-state index < -0.39 is 0 Å². The van der Waals surface area contributed by atoms with E-state index in [9.17, 15) is 0 Å². The fraction of sp³-hybridized carbons (Fsp3) is 0.273. The molecule has 0 radical (unpaired) electrons. The smallest absolute Gasteiger partial charge is 0.203 e. The zero-order valence-electron chi connectivity index (χ0n) is 16.8. The molecule has 28 heavy (non-hydrogen) atoms. The summed E-state index contributed by atoms with van der Waals surface area (Å²) in [6.07, 6.45) is 0. The van der Waals surface area contributed by atoms with Gasteiger partial charge in [0.15, 0.2) is 11.5 Å². The minimum atomic E-state index is 0.550. The number of rotatable bonds is 6. The molecule has 6 heteroatoms. The van der Waals surface area contributed by atoms with E-state index in [2.05, 4.69) is 15.9 Å². The lowest BCUT2D eigenvalue weighted by atomic mass is 10.0. The minimum absolute atomic E-state index is 0.550. The van der Waals surface area contributed by atoms with Gasteiger partial charge < -0.3 is 23.4 Å².